The molecule has 0 radical (unpaired) electrons. The predicted octanol–water partition coefficient (Wildman–Crippen LogP) is 3.66. The molecule has 1 aliphatic heterocycles. The summed E-state index contributed by atoms with van der Waals surface area (Å²) in [6, 6.07) is 0. The quantitative estimate of drug-likeness (QED) is 0.658. The minimum Gasteiger partial charge on any atom is -0.363 e. The summed E-state index contributed by atoms with van der Waals surface area (Å²) in [5, 5.41) is 0. The van der Waals surface area contributed by atoms with E-state index in [1.807, 2.05) is 0 Å². The Morgan fingerprint density at radius 3 is 2.25 bits per heavy atom. The third-order valence-electron chi connectivity index (χ3n) is 3.53. The monoisotopic (exact) mass is 227 g/mol. The van der Waals surface area contributed by atoms with E-state index in [1.54, 1.807) is 0 Å². The molecule has 96 valence electrons. The summed E-state index contributed by atoms with van der Waals surface area (Å²) in [7, 11) is 0. The van der Waals surface area contributed by atoms with Gasteiger partial charge < -0.3 is 4.74 Å². The van der Waals surface area contributed by atoms with Gasteiger partial charge in [0.15, 0.2) is 0 Å². The molecule has 1 fully saturated rings. The fraction of sp³-hybridized carbons (Fsp3) is 1.00. The third kappa shape index (κ3) is 4.84. The van der Waals surface area contributed by atoms with E-state index in [2.05, 4.69) is 25.7 Å². The summed E-state index contributed by atoms with van der Waals surface area (Å²) in [6.45, 7) is 10.3. The first-order valence-electron chi connectivity index (χ1n) is 7.13. The molecule has 0 spiro atoms. The van der Waals surface area contributed by atoms with Crippen molar-refractivity contribution in [1.82, 2.24) is 4.90 Å². The van der Waals surface area contributed by atoms with Gasteiger partial charge in [-0.05, 0) is 31.6 Å². The zero-order valence-electron chi connectivity index (χ0n) is 11.4. The summed E-state index contributed by atoms with van der Waals surface area (Å²) >= 11 is 0. The van der Waals surface area contributed by atoms with Crippen LogP contribution in [0.15, 0.2) is 0 Å². The molecule has 2 nitrogen and oxygen atoms in total. The van der Waals surface area contributed by atoms with Crippen LogP contribution in [0.25, 0.3) is 0 Å². The lowest BCUT2D eigenvalue weighted by Crippen LogP contribution is -2.42. The van der Waals surface area contributed by atoms with Gasteiger partial charge in [-0.3, -0.25) is 4.90 Å². The average molecular weight is 227 g/mol. The maximum absolute atomic E-state index is 5.93. The highest BCUT2D eigenvalue weighted by molar-refractivity contribution is 4.71. The smallest absolute Gasteiger partial charge is 0.110 e. The van der Waals surface area contributed by atoms with Crippen molar-refractivity contribution >= 4 is 0 Å². The van der Waals surface area contributed by atoms with Gasteiger partial charge in [-0.1, -0.05) is 33.6 Å². The van der Waals surface area contributed by atoms with Gasteiger partial charge >= 0.3 is 0 Å². The van der Waals surface area contributed by atoms with Crippen molar-refractivity contribution in [1.29, 1.82) is 0 Å². The standard InChI is InChI=1S/C14H29NO/c1-4-6-9-15(10-7-5-2)14-12-13(3)8-11-16-14/h13-14H,4-12H2,1-3H3. The first-order chi connectivity index (χ1) is 7.77. The zero-order chi connectivity index (χ0) is 11.8. The minimum atomic E-state index is 0.404. The van der Waals surface area contributed by atoms with Gasteiger partial charge in [0, 0.05) is 19.7 Å². The molecule has 2 unspecified atom stereocenters. The van der Waals surface area contributed by atoms with Crippen LogP contribution in [0.3, 0.4) is 0 Å². The number of unbranched alkanes of at least 4 members (excludes halogenated alkanes) is 2. The van der Waals surface area contributed by atoms with Gasteiger partial charge in [0.1, 0.15) is 6.23 Å². The lowest BCUT2D eigenvalue weighted by Gasteiger charge is -2.36. The Kier molecular flexibility index (Phi) is 7.06. The van der Waals surface area contributed by atoms with Crippen LogP contribution < -0.4 is 0 Å². The summed E-state index contributed by atoms with van der Waals surface area (Å²) in [5.74, 6) is 0.838. The van der Waals surface area contributed by atoms with Crippen LogP contribution in [0, 0.1) is 5.92 Å². The van der Waals surface area contributed by atoms with Gasteiger partial charge in [0.2, 0.25) is 0 Å². The lowest BCUT2D eigenvalue weighted by molar-refractivity contribution is -0.100. The van der Waals surface area contributed by atoms with Gasteiger partial charge in [-0.25, -0.2) is 0 Å². The number of nitrogens with zero attached hydrogens (tertiary/aromatic N) is 1. The van der Waals surface area contributed by atoms with Crippen molar-refractivity contribution in [2.75, 3.05) is 19.7 Å². The van der Waals surface area contributed by atoms with Gasteiger partial charge in [0.25, 0.3) is 0 Å². The second-order valence-corrected chi connectivity index (χ2v) is 5.20. The van der Waals surface area contributed by atoms with E-state index in [1.165, 1.54) is 51.6 Å². The molecule has 2 heteroatoms. The highest BCUT2D eigenvalue weighted by Crippen LogP contribution is 2.22. The average Bonchev–Trinajstić information content (AvgIpc) is 2.29. The molecule has 16 heavy (non-hydrogen) atoms. The second kappa shape index (κ2) is 8.08. The third-order valence-corrected chi connectivity index (χ3v) is 3.53. The molecule has 0 amide bonds. The Labute approximate surface area is 101 Å². The largest absolute Gasteiger partial charge is 0.363 e. The fourth-order valence-electron chi connectivity index (χ4n) is 2.31. The summed E-state index contributed by atoms with van der Waals surface area (Å²) < 4.78 is 5.93. The molecule has 2 atom stereocenters. The molecule has 1 heterocycles. The molecule has 0 bridgehead atoms. The van der Waals surface area contributed by atoms with Crippen molar-refractivity contribution in [3.05, 3.63) is 0 Å². The van der Waals surface area contributed by atoms with Crippen LogP contribution >= 0.6 is 0 Å². The number of rotatable bonds is 7. The molecule has 0 saturated carbocycles. The van der Waals surface area contributed by atoms with E-state index in [0.717, 1.165) is 12.5 Å². The molecule has 1 saturated heterocycles. The van der Waals surface area contributed by atoms with E-state index in [4.69, 9.17) is 4.74 Å². The summed E-state index contributed by atoms with van der Waals surface area (Å²) in [6.07, 6.45) is 8.05. The number of hydrogen-bond donors (Lipinski definition) is 0. The van der Waals surface area contributed by atoms with Crippen molar-refractivity contribution in [3.8, 4) is 0 Å². The van der Waals surface area contributed by atoms with Crippen molar-refractivity contribution in [2.24, 2.45) is 5.92 Å². The normalized spacial score (nSPS) is 26.2. The van der Waals surface area contributed by atoms with Crippen molar-refractivity contribution in [3.63, 3.8) is 0 Å². The number of ether oxygens (including phenoxy) is 1. The van der Waals surface area contributed by atoms with E-state index >= 15 is 0 Å². The lowest BCUT2D eigenvalue weighted by atomic mass is 10.00. The SMILES string of the molecule is CCCCN(CCCC)C1CC(C)CCO1. The molecule has 0 aromatic heterocycles. The van der Waals surface area contributed by atoms with E-state index < -0.39 is 0 Å². The van der Waals surface area contributed by atoms with E-state index in [-0.39, 0.29) is 0 Å². The Morgan fingerprint density at radius 1 is 1.12 bits per heavy atom. The van der Waals surface area contributed by atoms with Crippen LogP contribution in [0.2, 0.25) is 0 Å². The molecular formula is C14H29NO. The first kappa shape index (κ1) is 14.0. The highest BCUT2D eigenvalue weighted by atomic mass is 16.5. The second-order valence-electron chi connectivity index (χ2n) is 5.20. The maximum Gasteiger partial charge on any atom is 0.110 e. The van der Waals surface area contributed by atoms with Gasteiger partial charge in [-0.15, -0.1) is 0 Å². The fourth-order valence-corrected chi connectivity index (χ4v) is 2.31. The molecular weight excluding hydrogens is 198 g/mol. The number of hydrogen-bond acceptors (Lipinski definition) is 2. The molecule has 0 N–H and O–H groups in total. The topological polar surface area (TPSA) is 12.5 Å². The first-order valence-corrected chi connectivity index (χ1v) is 7.13. The zero-order valence-corrected chi connectivity index (χ0v) is 11.4. The van der Waals surface area contributed by atoms with Crippen molar-refractivity contribution in [2.45, 2.75) is 65.5 Å². The van der Waals surface area contributed by atoms with Crippen LogP contribution in [-0.4, -0.2) is 30.8 Å². The molecule has 0 aromatic rings. The Balaban J connectivity index is 2.38. The Morgan fingerprint density at radius 2 is 1.75 bits per heavy atom. The Hall–Kier alpha value is -0.0800. The summed E-state index contributed by atoms with van der Waals surface area (Å²) in [4.78, 5) is 2.57. The van der Waals surface area contributed by atoms with Crippen LogP contribution in [0.1, 0.15) is 59.3 Å². The Bertz CT molecular complexity index is 164. The maximum atomic E-state index is 5.93. The molecule has 1 aliphatic rings. The van der Waals surface area contributed by atoms with Crippen molar-refractivity contribution < 1.29 is 4.74 Å². The van der Waals surface area contributed by atoms with Gasteiger partial charge in [-0.2, -0.15) is 0 Å². The molecule has 0 aromatic carbocycles. The van der Waals surface area contributed by atoms with Crippen LogP contribution in [0.4, 0.5) is 0 Å². The van der Waals surface area contributed by atoms with Gasteiger partial charge in [0.05, 0.1) is 0 Å². The summed E-state index contributed by atoms with van der Waals surface area (Å²) in [5.41, 5.74) is 0. The molecule has 1 rings (SSSR count). The minimum absolute atomic E-state index is 0.404. The van der Waals surface area contributed by atoms with Crippen LogP contribution in [0.5, 0.6) is 0 Å². The van der Waals surface area contributed by atoms with Crippen LogP contribution in [-0.2, 0) is 4.74 Å². The predicted molar refractivity (Wildman–Crippen MR) is 69.5 cm³/mol. The van der Waals surface area contributed by atoms with E-state index in [9.17, 15) is 0 Å². The molecule has 0 aliphatic carbocycles. The van der Waals surface area contributed by atoms with E-state index in [0.29, 0.717) is 6.23 Å². The highest BCUT2D eigenvalue weighted by Gasteiger charge is 2.24.